The van der Waals surface area contributed by atoms with Crippen LogP contribution in [0.4, 0.5) is 5.82 Å². The molecule has 2 heterocycles. The van der Waals surface area contributed by atoms with Crippen molar-refractivity contribution in [2.45, 2.75) is 26.2 Å². The van der Waals surface area contributed by atoms with Crippen LogP contribution in [0.5, 0.6) is 0 Å². The highest BCUT2D eigenvalue weighted by Gasteiger charge is 2.21. The molecule has 6 nitrogen and oxygen atoms in total. The fourth-order valence-corrected chi connectivity index (χ4v) is 2.95. The predicted octanol–water partition coefficient (Wildman–Crippen LogP) is 3.03. The maximum absolute atomic E-state index is 12.0. The molecule has 0 bridgehead atoms. The molecule has 1 saturated carbocycles. The van der Waals surface area contributed by atoms with Crippen molar-refractivity contribution < 1.29 is 4.79 Å². The quantitative estimate of drug-likeness (QED) is 0.688. The number of hydrogen-bond acceptors (Lipinski definition) is 4. The van der Waals surface area contributed by atoms with Crippen molar-refractivity contribution in [3.05, 3.63) is 48.4 Å². The summed E-state index contributed by atoms with van der Waals surface area (Å²) in [5.74, 6) is 1.68. The predicted molar refractivity (Wildman–Crippen MR) is 102 cm³/mol. The number of imidazole rings is 1. The van der Waals surface area contributed by atoms with Gasteiger partial charge in [-0.3, -0.25) is 14.2 Å². The monoisotopic (exact) mass is 349 g/mol. The second-order valence-electron chi connectivity index (χ2n) is 6.90. The summed E-state index contributed by atoms with van der Waals surface area (Å²) in [6.07, 6.45) is 8.29. The number of aryl methyl sites for hydroxylation is 1. The van der Waals surface area contributed by atoms with Crippen molar-refractivity contribution in [3.8, 4) is 11.3 Å². The van der Waals surface area contributed by atoms with Crippen molar-refractivity contribution in [1.82, 2.24) is 19.7 Å². The van der Waals surface area contributed by atoms with Crippen molar-refractivity contribution in [3.63, 3.8) is 0 Å². The van der Waals surface area contributed by atoms with Gasteiger partial charge in [-0.25, -0.2) is 4.98 Å². The zero-order chi connectivity index (χ0) is 17.9. The van der Waals surface area contributed by atoms with Crippen molar-refractivity contribution >= 4 is 17.4 Å². The second kappa shape index (κ2) is 7.15. The van der Waals surface area contributed by atoms with Gasteiger partial charge in [0.05, 0.1) is 6.20 Å². The Bertz CT molecular complexity index is 912. The Morgan fingerprint density at radius 3 is 2.85 bits per heavy atom. The molecule has 2 aromatic heterocycles. The average molecular weight is 349 g/mol. The Labute approximate surface area is 152 Å². The minimum atomic E-state index is 0.0942. The Morgan fingerprint density at radius 2 is 2.08 bits per heavy atom. The lowest BCUT2D eigenvalue weighted by Crippen LogP contribution is -2.27. The van der Waals surface area contributed by atoms with Crippen molar-refractivity contribution in [2.24, 2.45) is 5.92 Å². The molecule has 1 aromatic carbocycles. The molecule has 3 aromatic rings. The van der Waals surface area contributed by atoms with E-state index in [0.717, 1.165) is 29.3 Å². The van der Waals surface area contributed by atoms with Crippen LogP contribution in [0, 0.1) is 12.8 Å². The summed E-state index contributed by atoms with van der Waals surface area (Å²) in [6, 6.07) is 8.29. The number of aromatic nitrogens is 3. The van der Waals surface area contributed by atoms with Gasteiger partial charge < -0.3 is 10.6 Å². The van der Waals surface area contributed by atoms with E-state index in [4.69, 9.17) is 4.98 Å². The maximum atomic E-state index is 12.0. The lowest BCUT2D eigenvalue weighted by atomic mass is 10.1. The number of rotatable bonds is 7. The molecule has 134 valence electrons. The molecule has 1 aliphatic carbocycles. The molecule has 4 rings (SSSR count). The highest BCUT2D eigenvalue weighted by molar-refractivity contribution is 5.78. The summed E-state index contributed by atoms with van der Waals surface area (Å²) >= 11 is 0. The Balaban J connectivity index is 1.51. The van der Waals surface area contributed by atoms with Gasteiger partial charge in [0.15, 0.2) is 5.65 Å². The first kappa shape index (κ1) is 16.6. The van der Waals surface area contributed by atoms with Crippen LogP contribution in [-0.4, -0.2) is 33.4 Å². The SMILES string of the molecule is Cc1ccc(-c2nc3cnccn3c2NCCC(=O)NCC2CC2)cc1. The molecule has 1 fully saturated rings. The second-order valence-corrected chi connectivity index (χ2v) is 6.90. The zero-order valence-electron chi connectivity index (χ0n) is 14.9. The Hall–Kier alpha value is -2.89. The molecule has 6 heteroatoms. The lowest BCUT2D eigenvalue weighted by molar-refractivity contribution is -0.120. The van der Waals surface area contributed by atoms with Crippen molar-refractivity contribution in [2.75, 3.05) is 18.4 Å². The third kappa shape index (κ3) is 3.69. The topological polar surface area (TPSA) is 71.3 Å². The van der Waals surface area contributed by atoms with E-state index in [9.17, 15) is 4.79 Å². The van der Waals surface area contributed by atoms with Crippen LogP contribution in [-0.2, 0) is 4.79 Å². The highest BCUT2D eigenvalue weighted by Crippen LogP contribution is 2.29. The summed E-state index contributed by atoms with van der Waals surface area (Å²) in [5, 5.41) is 6.40. The van der Waals surface area contributed by atoms with Crippen LogP contribution in [0.1, 0.15) is 24.8 Å². The van der Waals surface area contributed by atoms with E-state index in [1.165, 1.54) is 18.4 Å². The van der Waals surface area contributed by atoms with E-state index in [2.05, 4.69) is 46.8 Å². The minimum Gasteiger partial charge on any atom is -0.369 e. The van der Waals surface area contributed by atoms with Crippen LogP contribution in [0.25, 0.3) is 16.9 Å². The molecule has 0 aliphatic heterocycles. The van der Waals surface area contributed by atoms with Crippen LogP contribution < -0.4 is 10.6 Å². The van der Waals surface area contributed by atoms with Crippen molar-refractivity contribution in [1.29, 1.82) is 0 Å². The Morgan fingerprint density at radius 1 is 1.27 bits per heavy atom. The summed E-state index contributed by atoms with van der Waals surface area (Å²) < 4.78 is 1.98. The highest BCUT2D eigenvalue weighted by atomic mass is 16.1. The molecule has 0 spiro atoms. The van der Waals surface area contributed by atoms with E-state index in [1.807, 2.05) is 10.6 Å². The van der Waals surface area contributed by atoms with Gasteiger partial charge in [-0.15, -0.1) is 0 Å². The molecule has 1 aliphatic rings. The number of nitrogens with zero attached hydrogens (tertiary/aromatic N) is 3. The summed E-state index contributed by atoms with van der Waals surface area (Å²) in [7, 11) is 0. The van der Waals surface area contributed by atoms with E-state index >= 15 is 0 Å². The Kier molecular flexibility index (Phi) is 4.56. The number of benzene rings is 1. The van der Waals surface area contributed by atoms with Crippen LogP contribution in [0.3, 0.4) is 0 Å². The van der Waals surface area contributed by atoms with Crippen LogP contribution in [0.15, 0.2) is 42.9 Å². The fraction of sp³-hybridized carbons (Fsp3) is 0.350. The van der Waals surface area contributed by atoms with Gasteiger partial charge in [0.2, 0.25) is 5.91 Å². The first-order valence-corrected chi connectivity index (χ1v) is 9.10. The number of carbonyl (C=O) groups is 1. The average Bonchev–Trinajstić information content (AvgIpc) is 3.42. The molecule has 26 heavy (non-hydrogen) atoms. The number of hydrogen-bond donors (Lipinski definition) is 2. The summed E-state index contributed by atoms with van der Waals surface area (Å²) in [4.78, 5) is 20.8. The maximum Gasteiger partial charge on any atom is 0.221 e. The molecule has 0 radical (unpaired) electrons. The largest absolute Gasteiger partial charge is 0.369 e. The standard InChI is InChI=1S/C20H23N5O/c1-14-2-6-16(7-3-14)19-20(25-11-10-21-13-17(25)24-19)22-9-8-18(26)23-12-15-4-5-15/h2-3,6-7,10-11,13,15,22H,4-5,8-9,12H2,1H3,(H,23,26). The third-order valence-electron chi connectivity index (χ3n) is 4.68. The molecule has 0 saturated heterocycles. The van der Waals surface area contributed by atoms with Gasteiger partial charge >= 0.3 is 0 Å². The van der Waals surface area contributed by atoms with E-state index in [1.54, 1.807) is 12.4 Å². The number of carbonyl (C=O) groups excluding carboxylic acids is 1. The summed E-state index contributed by atoms with van der Waals surface area (Å²) in [5.41, 5.74) is 3.90. The van der Waals surface area contributed by atoms with Gasteiger partial charge in [0.25, 0.3) is 0 Å². The molecule has 0 atom stereocenters. The van der Waals surface area contributed by atoms with Gasteiger partial charge in [-0.05, 0) is 25.7 Å². The summed E-state index contributed by atoms with van der Waals surface area (Å²) in [6.45, 7) is 3.44. The minimum absolute atomic E-state index is 0.0942. The fourth-order valence-electron chi connectivity index (χ4n) is 2.95. The van der Waals surface area contributed by atoms with E-state index in [0.29, 0.717) is 18.9 Å². The zero-order valence-corrected chi connectivity index (χ0v) is 14.9. The number of fused-ring (bicyclic) bond motifs is 1. The molecule has 1 amide bonds. The first-order valence-electron chi connectivity index (χ1n) is 9.10. The third-order valence-corrected chi connectivity index (χ3v) is 4.68. The van der Waals surface area contributed by atoms with Gasteiger partial charge in [-0.2, -0.15) is 0 Å². The molecular formula is C20H23N5O. The first-order chi connectivity index (χ1) is 12.7. The van der Waals surface area contributed by atoms with Gasteiger partial charge in [0.1, 0.15) is 11.5 Å². The van der Waals surface area contributed by atoms with Crippen LogP contribution in [0.2, 0.25) is 0 Å². The van der Waals surface area contributed by atoms with E-state index in [-0.39, 0.29) is 5.91 Å². The smallest absolute Gasteiger partial charge is 0.221 e. The normalized spacial score (nSPS) is 13.7. The molecule has 0 unspecified atom stereocenters. The van der Waals surface area contributed by atoms with Gasteiger partial charge in [0, 0.05) is 37.5 Å². The molecular weight excluding hydrogens is 326 g/mol. The number of anilines is 1. The van der Waals surface area contributed by atoms with Gasteiger partial charge in [-0.1, -0.05) is 29.8 Å². The number of nitrogens with one attached hydrogen (secondary N) is 2. The lowest BCUT2D eigenvalue weighted by Gasteiger charge is -2.09. The van der Waals surface area contributed by atoms with Crippen LogP contribution >= 0.6 is 0 Å². The van der Waals surface area contributed by atoms with E-state index < -0.39 is 0 Å². The molecule has 2 N–H and O–H groups in total. The number of amides is 1.